The maximum Gasteiger partial charge on any atom is 0.229 e. The summed E-state index contributed by atoms with van der Waals surface area (Å²) in [4.78, 5) is 24.7. The van der Waals surface area contributed by atoms with E-state index in [0.29, 0.717) is 16.9 Å². The molecule has 5 aliphatic rings. The second-order valence-corrected chi connectivity index (χ2v) is 11.8. The number of Topliss-reactive ketones (excluding diaryl/α,β-unsaturated/α-hetero) is 1. The fraction of sp³-hybridized carbons (Fsp3) is 0.724. The largest absolute Gasteiger partial charge is 0.286 e. The average molecular weight is 423 g/mol. The molecule has 0 spiro atoms. The third kappa shape index (κ3) is 3.10. The van der Waals surface area contributed by atoms with E-state index >= 15 is 0 Å². The maximum absolute atomic E-state index is 12.4. The highest BCUT2D eigenvalue weighted by atomic mass is 16.2. The predicted octanol–water partition coefficient (Wildman–Crippen LogP) is 7.25. The van der Waals surface area contributed by atoms with Crippen LogP contribution in [-0.4, -0.2) is 11.6 Å². The Balaban J connectivity index is 0.00000112. The fourth-order valence-electron chi connectivity index (χ4n) is 8.41. The Morgan fingerprint density at radius 1 is 0.935 bits per heavy atom. The van der Waals surface area contributed by atoms with Crippen LogP contribution in [0.1, 0.15) is 93.4 Å². The zero-order valence-electron chi connectivity index (χ0n) is 20.8. The second kappa shape index (κ2) is 7.56. The van der Waals surface area contributed by atoms with Crippen LogP contribution < -0.4 is 0 Å². The molecule has 0 aliphatic heterocycles. The van der Waals surface area contributed by atoms with Gasteiger partial charge < -0.3 is 0 Å². The van der Waals surface area contributed by atoms with Crippen molar-refractivity contribution in [2.75, 3.05) is 0 Å². The summed E-state index contributed by atoms with van der Waals surface area (Å²) < 4.78 is 0. The first-order valence-electron chi connectivity index (χ1n) is 12.8. The highest BCUT2D eigenvalue weighted by Crippen LogP contribution is 2.70. The van der Waals surface area contributed by atoms with E-state index in [4.69, 9.17) is 0 Å². The van der Waals surface area contributed by atoms with Crippen LogP contribution in [-0.2, 0) is 9.59 Å². The molecule has 170 valence electrons. The van der Waals surface area contributed by atoms with Crippen LogP contribution in [0.3, 0.4) is 0 Å². The minimum Gasteiger partial charge on any atom is -0.286 e. The highest BCUT2D eigenvalue weighted by Gasteiger charge is 2.62. The van der Waals surface area contributed by atoms with Gasteiger partial charge in [-0.05, 0) is 97.2 Å². The Hall–Kier alpha value is -1.44. The van der Waals surface area contributed by atoms with Gasteiger partial charge in [-0.25, -0.2) is 0 Å². The van der Waals surface area contributed by atoms with Gasteiger partial charge in [0.25, 0.3) is 0 Å². The standard InChI is InChI=1S/C27H36O2.C2H6/c1-16-8-10-25(3)12-13-27(5)19(21(25)14-16)9-11-26(4)20-15-22(28)24(29)17(2)18(20)6-7-23(26)27;1-2/h6-7,15-16,19,21,23H,8-14H2,1-5H3;1-2H3. The number of hydrogen-bond acceptors (Lipinski definition) is 2. The van der Waals surface area contributed by atoms with E-state index in [1.165, 1.54) is 38.5 Å². The van der Waals surface area contributed by atoms with Gasteiger partial charge in [-0.3, -0.25) is 9.59 Å². The zero-order valence-corrected chi connectivity index (χ0v) is 20.8. The molecule has 0 bridgehead atoms. The lowest BCUT2D eigenvalue weighted by molar-refractivity contribution is -0.138. The van der Waals surface area contributed by atoms with Crippen LogP contribution in [0.25, 0.3) is 0 Å². The minimum atomic E-state index is -0.319. The summed E-state index contributed by atoms with van der Waals surface area (Å²) in [6.07, 6.45) is 15.5. The molecule has 0 radical (unpaired) electrons. The molecule has 0 amide bonds. The van der Waals surface area contributed by atoms with Gasteiger partial charge in [-0.15, -0.1) is 0 Å². The molecule has 0 N–H and O–H groups in total. The number of carbonyl (C=O) groups excluding carboxylic acids is 2. The Bertz CT molecular complexity index is 888. The van der Waals surface area contributed by atoms with Gasteiger partial charge in [-0.1, -0.05) is 60.1 Å². The molecule has 0 aromatic carbocycles. The molecule has 2 heteroatoms. The molecule has 3 saturated carbocycles. The highest BCUT2D eigenvalue weighted by molar-refractivity contribution is 6.48. The second-order valence-electron chi connectivity index (χ2n) is 11.8. The normalized spacial score (nSPS) is 46.1. The van der Waals surface area contributed by atoms with Crippen molar-refractivity contribution in [3.63, 3.8) is 0 Å². The summed E-state index contributed by atoms with van der Waals surface area (Å²) in [6.45, 7) is 15.8. The van der Waals surface area contributed by atoms with E-state index in [1.54, 1.807) is 6.08 Å². The maximum atomic E-state index is 12.4. The van der Waals surface area contributed by atoms with Crippen molar-refractivity contribution in [2.24, 2.45) is 39.9 Å². The molecule has 0 saturated heterocycles. The molecular formula is C29H42O2. The van der Waals surface area contributed by atoms with E-state index in [2.05, 4.69) is 39.8 Å². The Kier molecular flexibility index (Phi) is 5.55. The van der Waals surface area contributed by atoms with Crippen molar-refractivity contribution in [3.8, 4) is 0 Å². The van der Waals surface area contributed by atoms with Crippen molar-refractivity contribution in [3.05, 3.63) is 34.9 Å². The molecule has 5 aliphatic carbocycles. The molecule has 7 unspecified atom stereocenters. The SMILES string of the molecule is CC.CC1=C2C=CC3C(C)(CCC4C5CC(C)CCC5(C)CCC43C)C2=CC(=O)C1=O. The number of allylic oxidation sites excluding steroid dienone is 6. The molecule has 0 heterocycles. The van der Waals surface area contributed by atoms with E-state index in [-0.39, 0.29) is 22.4 Å². The van der Waals surface area contributed by atoms with Crippen molar-refractivity contribution >= 4 is 11.6 Å². The van der Waals surface area contributed by atoms with Crippen LogP contribution in [0, 0.1) is 39.9 Å². The molecular weight excluding hydrogens is 380 g/mol. The lowest BCUT2D eigenvalue weighted by atomic mass is 9.38. The molecule has 31 heavy (non-hydrogen) atoms. The number of ketones is 2. The quantitative estimate of drug-likeness (QED) is 0.304. The van der Waals surface area contributed by atoms with Gasteiger partial charge in [0, 0.05) is 11.0 Å². The first kappa shape index (κ1) is 22.7. The molecule has 5 rings (SSSR count). The number of carbonyl (C=O) groups is 2. The summed E-state index contributed by atoms with van der Waals surface area (Å²) in [5, 5.41) is 0. The third-order valence-corrected chi connectivity index (χ3v) is 10.3. The molecule has 3 fully saturated rings. The Morgan fingerprint density at radius 3 is 2.35 bits per heavy atom. The lowest BCUT2D eigenvalue weighted by Crippen LogP contribution is -2.58. The number of rotatable bonds is 0. The van der Waals surface area contributed by atoms with Crippen LogP contribution in [0.5, 0.6) is 0 Å². The van der Waals surface area contributed by atoms with Gasteiger partial charge in [0.2, 0.25) is 11.6 Å². The molecule has 2 nitrogen and oxygen atoms in total. The van der Waals surface area contributed by atoms with Crippen molar-refractivity contribution in [2.45, 2.75) is 93.4 Å². The summed E-state index contributed by atoms with van der Waals surface area (Å²) in [7, 11) is 0. The summed E-state index contributed by atoms with van der Waals surface area (Å²) in [6, 6.07) is 0. The van der Waals surface area contributed by atoms with Crippen molar-refractivity contribution in [1.29, 1.82) is 0 Å². The number of hydrogen-bond donors (Lipinski definition) is 0. The minimum absolute atomic E-state index is 0.0268. The van der Waals surface area contributed by atoms with E-state index in [9.17, 15) is 9.59 Å². The third-order valence-electron chi connectivity index (χ3n) is 10.3. The Morgan fingerprint density at radius 2 is 1.65 bits per heavy atom. The monoisotopic (exact) mass is 422 g/mol. The molecule has 0 aromatic rings. The van der Waals surface area contributed by atoms with Gasteiger partial charge in [0.05, 0.1) is 0 Å². The first-order valence-corrected chi connectivity index (χ1v) is 12.8. The van der Waals surface area contributed by atoms with Gasteiger partial charge >= 0.3 is 0 Å². The van der Waals surface area contributed by atoms with Crippen LogP contribution in [0.4, 0.5) is 0 Å². The van der Waals surface area contributed by atoms with E-state index in [0.717, 1.165) is 35.3 Å². The van der Waals surface area contributed by atoms with Crippen LogP contribution in [0.15, 0.2) is 34.9 Å². The smallest absolute Gasteiger partial charge is 0.229 e. The number of fused-ring (bicyclic) bond motifs is 7. The molecule has 7 atom stereocenters. The summed E-state index contributed by atoms with van der Waals surface area (Å²) in [5.41, 5.74) is 3.61. The fourth-order valence-corrected chi connectivity index (χ4v) is 8.41. The summed E-state index contributed by atoms with van der Waals surface area (Å²) >= 11 is 0. The van der Waals surface area contributed by atoms with Crippen molar-refractivity contribution < 1.29 is 9.59 Å². The summed E-state index contributed by atoms with van der Waals surface area (Å²) in [5.74, 6) is 2.29. The topological polar surface area (TPSA) is 34.1 Å². The van der Waals surface area contributed by atoms with Crippen LogP contribution in [0.2, 0.25) is 0 Å². The first-order chi connectivity index (χ1) is 14.6. The van der Waals surface area contributed by atoms with Gasteiger partial charge in [-0.2, -0.15) is 0 Å². The van der Waals surface area contributed by atoms with E-state index < -0.39 is 0 Å². The van der Waals surface area contributed by atoms with E-state index in [1.807, 2.05) is 20.8 Å². The van der Waals surface area contributed by atoms with Gasteiger partial charge in [0.1, 0.15) is 0 Å². The lowest BCUT2D eigenvalue weighted by Gasteiger charge is -2.66. The average Bonchev–Trinajstić information content (AvgIpc) is 2.75. The zero-order chi connectivity index (χ0) is 22.8. The van der Waals surface area contributed by atoms with Crippen molar-refractivity contribution in [1.82, 2.24) is 0 Å². The van der Waals surface area contributed by atoms with Gasteiger partial charge in [0.15, 0.2) is 0 Å². The Labute approximate surface area is 189 Å². The van der Waals surface area contributed by atoms with Crippen LogP contribution >= 0.6 is 0 Å². The molecule has 0 aromatic heterocycles. The predicted molar refractivity (Wildman–Crippen MR) is 128 cm³/mol.